The second-order valence-corrected chi connectivity index (χ2v) is 4.36. The van der Waals surface area contributed by atoms with Crippen molar-refractivity contribution in [3.63, 3.8) is 0 Å². The fourth-order valence-electron chi connectivity index (χ4n) is 1.22. The zero-order chi connectivity index (χ0) is 9.78. The number of rotatable bonds is 10. The van der Waals surface area contributed by atoms with Gasteiger partial charge in [0.15, 0.2) is 0 Å². The van der Waals surface area contributed by atoms with Crippen LogP contribution in [0, 0.1) is 0 Å². The number of ether oxygens (including phenoxy) is 1. The monoisotopic (exact) mass is 196 g/mol. The fraction of sp³-hybridized carbons (Fsp3) is 1.00. The summed E-state index contributed by atoms with van der Waals surface area (Å²) in [7, 11) is 0. The zero-order valence-electron chi connectivity index (χ0n) is 9.18. The first kappa shape index (κ1) is 13.9. The van der Waals surface area contributed by atoms with Gasteiger partial charge < -0.3 is 0 Å². The second kappa shape index (κ2) is 12.9. The Kier molecular flexibility index (Phi) is 13.8. The molecule has 0 aromatic heterocycles. The molecule has 74 valence electrons. The molecule has 13 heavy (non-hydrogen) atoms. The van der Waals surface area contributed by atoms with E-state index in [4.69, 9.17) is 4.74 Å². The number of thioether (sulfide) groups is 1. The van der Waals surface area contributed by atoms with Crippen LogP contribution in [0.2, 0.25) is 5.09 Å². The Labute approximate surface area is 96.6 Å². The quantitative estimate of drug-likeness (QED) is 0.392. The molecule has 0 spiro atoms. The van der Waals surface area contributed by atoms with Crippen LogP contribution in [0.15, 0.2) is 0 Å². The molecule has 0 amide bonds. The van der Waals surface area contributed by atoms with E-state index in [9.17, 15) is 0 Å². The molecule has 0 saturated carbocycles. The van der Waals surface area contributed by atoms with Gasteiger partial charge in [-0.3, -0.25) is 0 Å². The van der Waals surface area contributed by atoms with Gasteiger partial charge in [-0.05, 0) is 0 Å². The Morgan fingerprint density at radius 2 is 1.69 bits per heavy atom. The van der Waals surface area contributed by atoms with Crippen LogP contribution in [0.1, 0.15) is 32.1 Å². The van der Waals surface area contributed by atoms with Crippen molar-refractivity contribution < 1.29 is 4.74 Å². The van der Waals surface area contributed by atoms with Crippen molar-refractivity contribution in [2.45, 2.75) is 37.2 Å². The van der Waals surface area contributed by atoms with Crippen LogP contribution in [0.25, 0.3) is 0 Å². The van der Waals surface area contributed by atoms with Crippen LogP contribution in [0.5, 0.6) is 0 Å². The molecule has 0 unspecified atom stereocenters. The molecule has 0 aliphatic rings. The van der Waals surface area contributed by atoms with Crippen molar-refractivity contribution in [2.24, 2.45) is 0 Å². The molecule has 0 radical (unpaired) electrons. The maximum atomic E-state index is 5.50. The normalized spacial score (nSPS) is 10.7. The number of unbranched alkanes of at least 4 members (excludes halogenated alkanes) is 3. The summed E-state index contributed by atoms with van der Waals surface area (Å²) in [6, 6.07) is 0. The van der Waals surface area contributed by atoms with E-state index in [0.717, 1.165) is 13.2 Å². The molecule has 0 aliphatic carbocycles. The van der Waals surface area contributed by atoms with E-state index in [1.54, 1.807) is 0 Å². The van der Waals surface area contributed by atoms with Crippen molar-refractivity contribution in [3.05, 3.63) is 0 Å². The van der Waals surface area contributed by atoms with Crippen molar-refractivity contribution in [2.75, 3.05) is 25.2 Å². The Balaban J connectivity index is 2.76. The molecule has 0 aliphatic heterocycles. The first-order valence-electron chi connectivity index (χ1n) is 5.48. The summed E-state index contributed by atoms with van der Waals surface area (Å²) in [6.45, 7) is 1.92. The number of hydrogen-bond donors (Lipinski definition) is 0. The van der Waals surface area contributed by atoms with Crippen LogP contribution in [-0.2, 0) is 4.74 Å². The van der Waals surface area contributed by atoms with E-state index >= 15 is 0 Å². The average molecular weight is 196 g/mol. The van der Waals surface area contributed by atoms with E-state index in [-0.39, 0.29) is 0 Å². The van der Waals surface area contributed by atoms with Crippen LogP contribution < -0.4 is 0 Å². The predicted octanol–water partition coefficient (Wildman–Crippen LogP) is 2.90. The van der Waals surface area contributed by atoms with Gasteiger partial charge in [0.25, 0.3) is 0 Å². The van der Waals surface area contributed by atoms with Gasteiger partial charge in [0.05, 0.1) is 0 Å². The van der Waals surface area contributed by atoms with Gasteiger partial charge in [0, 0.05) is 0 Å². The first-order chi connectivity index (χ1) is 6.41. The minimum atomic E-state index is 0.953. The third kappa shape index (κ3) is 12.9. The van der Waals surface area contributed by atoms with Crippen LogP contribution in [0.3, 0.4) is 0 Å². The molecule has 0 N–H and O–H groups in total. The predicted molar refractivity (Wildman–Crippen MR) is 62.8 cm³/mol. The van der Waals surface area contributed by atoms with Crippen LogP contribution in [-0.4, -0.2) is 42.9 Å². The van der Waals surface area contributed by atoms with Gasteiger partial charge in [-0.1, -0.05) is 0 Å². The summed E-state index contributed by atoms with van der Waals surface area (Å²) < 4.78 is 5.50. The van der Waals surface area contributed by atoms with E-state index in [1.165, 1.54) is 43.0 Å². The average Bonchev–Trinajstić information content (AvgIpc) is 2.16. The summed E-state index contributed by atoms with van der Waals surface area (Å²) in [6.07, 6.45) is 8.70. The molecular formula is C10H21LiOS. The molecule has 0 heterocycles. The molecule has 0 fully saturated rings. The van der Waals surface area contributed by atoms with E-state index in [0.29, 0.717) is 0 Å². The summed E-state index contributed by atoms with van der Waals surface area (Å²) in [5.74, 6) is 1.23. The Morgan fingerprint density at radius 3 is 2.38 bits per heavy atom. The maximum absolute atomic E-state index is 5.50. The molecule has 0 saturated heterocycles. The summed E-state index contributed by atoms with van der Waals surface area (Å²) in [5.41, 5.74) is 0. The third-order valence-corrected chi connectivity index (χ3v) is 2.73. The van der Waals surface area contributed by atoms with E-state index in [1.807, 2.05) is 11.8 Å². The van der Waals surface area contributed by atoms with Gasteiger partial charge in [0.2, 0.25) is 0 Å². The zero-order valence-corrected chi connectivity index (χ0v) is 10.00. The Morgan fingerprint density at radius 1 is 1.00 bits per heavy atom. The van der Waals surface area contributed by atoms with Gasteiger partial charge in [-0.2, -0.15) is 0 Å². The van der Waals surface area contributed by atoms with Gasteiger partial charge in [0.1, 0.15) is 0 Å². The third-order valence-electron chi connectivity index (χ3n) is 2.03. The molecule has 0 rings (SSSR count). The molecule has 0 bridgehead atoms. The summed E-state index contributed by atoms with van der Waals surface area (Å²) >= 11 is 4.15. The first-order valence-corrected chi connectivity index (χ1v) is 6.88. The van der Waals surface area contributed by atoms with Crippen LogP contribution in [0.4, 0.5) is 0 Å². The van der Waals surface area contributed by atoms with E-state index in [2.05, 4.69) is 24.0 Å². The number of hydrogen-bond acceptors (Lipinski definition) is 2. The van der Waals surface area contributed by atoms with Gasteiger partial charge in [-0.15, -0.1) is 0 Å². The van der Waals surface area contributed by atoms with Crippen molar-refractivity contribution >= 4 is 29.5 Å². The van der Waals surface area contributed by atoms with Gasteiger partial charge in [-0.25, -0.2) is 0 Å². The topological polar surface area (TPSA) is 9.23 Å². The molecular weight excluding hydrogens is 175 g/mol. The van der Waals surface area contributed by atoms with Crippen LogP contribution >= 0.6 is 11.8 Å². The van der Waals surface area contributed by atoms with Crippen molar-refractivity contribution in [1.29, 1.82) is 0 Å². The molecule has 0 atom stereocenters. The van der Waals surface area contributed by atoms with Gasteiger partial charge >= 0.3 is 96.6 Å². The molecule has 0 aromatic rings. The molecule has 3 heteroatoms. The summed E-state index contributed by atoms with van der Waals surface area (Å²) in [5, 5.41) is 1.33. The minimum absolute atomic E-state index is 0.953. The van der Waals surface area contributed by atoms with E-state index < -0.39 is 0 Å². The summed E-state index contributed by atoms with van der Waals surface area (Å²) in [4.78, 5) is 0. The molecule has 1 nitrogen and oxygen atoms in total. The second-order valence-electron chi connectivity index (χ2n) is 3.37. The fourth-order valence-corrected chi connectivity index (χ4v) is 1.62. The van der Waals surface area contributed by atoms with Crippen molar-refractivity contribution in [1.82, 2.24) is 0 Å². The van der Waals surface area contributed by atoms with Crippen molar-refractivity contribution in [3.8, 4) is 0 Å². The Hall–Kier alpha value is 0.907. The standard InChI is InChI=1S/C10H21OS.Li/c1-3-4-5-6-8-11-9-7-10-12-2;/h1,3-10H2,2H3;. The Bertz CT molecular complexity index is 81.0. The molecule has 0 aromatic carbocycles. The SMILES string of the molecule is [Li][CH2]CCCCCOCCCSC.